The van der Waals surface area contributed by atoms with Crippen LogP contribution in [0, 0.1) is 6.92 Å². The fraction of sp³-hybridized carbons (Fsp3) is 0.231. The molecule has 0 fully saturated rings. The van der Waals surface area contributed by atoms with Crippen LogP contribution in [0.2, 0.25) is 0 Å². The molecule has 2 aromatic rings. The van der Waals surface area contributed by atoms with Crippen molar-refractivity contribution in [2.45, 2.75) is 13.5 Å². The summed E-state index contributed by atoms with van der Waals surface area (Å²) in [6.07, 6.45) is 0. The van der Waals surface area contributed by atoms with E-state index in [-0.39, 0.29) is 17.7 Å². The van der Waals surface area contributed by atoms with Gasteiger partial charge in [0, 0.05) is 11.8 Å². The van der Waals surface area contributed by atoms with Crippen LogP contribution in [0.15, 0.2) is 35.1 Å². The van der Waals surface area contributed by atoms with E-state index >= 15 is 0 Å². The van der Waals surface area contributed by atoms with Gasteiger partial charge in [-0.05, 0) is 19.1 Å². The standard InChI is InChI=1S/C13H14N2O3/c1-9-7-12(17)10(8-16)14-15(9)11-5-3-4-6-13(11)18-2/h3-7,16H,8H2,1-2H3. The van der Waals surface area contributed by atoms with Crippen molar-refractivity contribution in [2.75, 3.05) is 7.11 Å². The first-order valence-electron chi connectivity index (χ1n) is 5.51. The van der Waals surface area contributed by atoms with Crippen molar-refractivity contribution in [3.8, 4) is 11.4 Å². The van der Waals surface area contributed by atoms with Gasteiger partial charge in [-0.2, -0.15) is 5.10 Å². The minimum atomic E-state index is -0.381. The second-order valence-corrected chi connectivity index (χ2v) is 3.84. The largest absolute Gasteiger partial charge is 0.494 e. The molecule has 5 heteroatoms. The van der Waals surface area contributed by atoms with E-state index in [4.69, 9.17) is 9.84 Å². The molecule has 0 aliphatic rings. The highest BCUT2D eigenvalue weighted by atomic mass is 16.5. The maximum absolute atomic E-state index is 11.5. The lowest BCUT2D eigenvalue weighted by Crippen LogP contribution is -2.19. The zero-order valence-electron chi connectivity index (χ0n) is 10.3. The van der Waals surface area contributed by atoms with Crippen LogP contribution in [0.4, 0.5) is 0 Å². The van der Waals surface area contributed by atoms with Gasteiger partial charge in [-0.15, -0.1) is 0 Å². The van der Waals surface area contributed by atoms with E-state index in [2.05, 4.69) is 5.10 Å². The number of nitrogens with zero attached hydrogens (tertiary/aromatic N) is 2. The fourth-order valence-electron chi connectivity index (χ4n) is 1.74. The number of benzene rings is 1. The topological polar surface area (TPSA) is 64.3 Å². The Morgan fingerprint density at radius 2 is 2.11 bits per heavy atom. The molecule has 0 aliphatic carbocycles. The Kier molecular flexibility index (Phi) is 3.43. The third-order valence-corrected chi connectivity index (χ3v) is 2.64. The van der Waals surface area contributed by atoms with Crippen LogP contribution in [-0.4, -0.2) is 22.0 Å². The van der Waals surface area contributed by atoms with Crippen molar-refractivity contribution >= 4 is 0 Å². The molecule has 5 nitrogen and oxygen atoms in total. The summed E-state index contributed by atoms with van der Waals surface area (Å²) < 4.78 is 6.85. The Labute approximate surface area is 104 Å². The summed E-state index contributed by atoms with van der Waals surface area (Å²) in [5.41, 5.74) is 1.27. The fourth-order valence-corrected chi connectivity index (χ4v) is 1.74. The van der Waals surface area contributed by atoms with Gasteiger partial charge in [0.15, 0.2) is 0 Å². The number of para-hydroxylation sites is 2. The van der Waals surface area contributed by atoms with Crippen molar-refractivity contribution in [3.63, 3.8) is 0 Å². The average molecular weight is 246 g/mol. The average Bonchev–Trinajstić information content (AvgIpc) is 2.39. The number of aryl methyl sites for hydroxylation is 1. The van der Waals surface area contributed by atoms with E-state index in [1.807, 2.05) is 24.3 Å². The van der Waals surface area contributed by atoms with E-state index in [1.54, 1.807) is 18.7 Å². The SMILES string of the molecule is COc1ccccc1-n1nc(CO)c(=O)cc1C. The number of methoxy groups -OCH3 is 1. The molecule has 94 valence electrons. The van der Waals surface area contributed by atoms with Crippen molar-refractivity contribution in [3.05, 3.63) is 51.9 Å². The number of rotatable bonds is 3. The number of aliphatic hydroxyl groups excluding tert-OH is 1. The monoisotopic (exact) mass is 246 g/mol. The number of hydrogen-bond donors (Lipinski definition) is 1. The summed E-state index contributed by atoms with van der Waals surface area (Å²) in [5, 5.41) is 13.2. The number of aromatic nitrogens is 2. The third-order valence-electron chi connectivity index (χ3n) is 2.64. The second-order valence-electron chi connectivity index (χ2n) is 3.84. The molecular weight excluding hydrogens is 232 g/mol. The quantitative estimate of drug-likeness (QED) is 0.879. The summed E-state index contributed by atoms with van der Waals surface area (Å²) in [7, 11) is 1.57. The van der Waals surface area contributed by atoms with Crippen LogP contribution < -0.4 is 10.2 Å². The van der Waals surface area contributed by atoms with Gasteiger partial charge in [0.05, 0.1) is 13.7 Å². The molecule has 0 atom stereocenters. The highest BCUT2D eigenvalue weighted by molar-refractivity contribution is 5.46. The first-order valence-corrected chi connectivity index (χ1v) is 5.51. The van der Waals surface area contributed by atoms with Gasteiger partial charge in [-0.25, -0.2) is 4.68 Å². The van der Waals surface area contributed by atoms with Gasteiger partial charge in [0.25, 0.3) is 0 Å². The summed E-state index contributed by atoms with van der Waals surface area (Å²) in [6.45, 7) is 1.40. The smallest absolute Gasteiger partial charge is 0.206 e. The normalized spacial score (nSPS) is 10.4. The van der Waals surface area contributed by atoms with Gasteiger partial charge in [0.2, 0.25) is 5.43 Å². The van der Waals surface area contributed by atoms with Gasteiger partial charge in [0.1, 0.15) is 17.1 Å². The van der Waals surface area contributed by atoms with E-state index in [9.17, 15) is 4.79 Å². The molecular formula is C13H14N2O3. The zero-order valence-corrected chi connectivity index (χ0v) is 10.3. The second kappa shape index (κ2) is 5.01. The van der Waals surface area contributed by atoms with E-state index < -0.39 is 0 Å². The molecule has 18 heavy (non-hydrogen) atoms. The zero-order chi connectivity index (χ0) is 13.1. The molecule has 0 saturated carbocycles. The Balaban J connectivity index is 2.67. The summed E-state index contributed by atoms with van der Waals surface area (Å²) in [5.74, 6) is 0.653. The predicted octanol–water partition coefficient (Wildman–Crippen LogP) is 1.04. The molecule has 0 aliphatic heterocycles. The van der Waals surface area contributed by atoms with Crippen molar-refractivity contribution in [1.29, 1.82) is 0 Å². The number of hydrogen-bond acceptors (Lipinski definition) is 4. The van der Waals surface area contributed by atoms with Crippen LogP contribution in [0.25, 0.3) is 5.69 Å². The maximum atomic E-state index is 11.5. The van der Waals surface area contributed by atoms with Crippen molar-refractivity contribution in [1.82, 2.24) is 9.78 Å². The van der Waals surface area contributed by atoms with Gasteiger partial charge in [-0.1, -0.05) is 12.1 Å². The van der Waals surface area contributed by atoms with E-state index in [0.29, 0.717) is 11.4 Å². The molecule has 2 rings (SSSR count). The highest BCUT2D eigenvalue weighted by Crippen LogP contribution is 2.21. The molecule has 0 unspecified atom stereocenters. The van der Waals surface area contributed by atoms with Crippen LogP contribution in [0.1, 0.15) is 11.4 Å². The summed E-state index contributed by atoms with van der Waals surface area (Å²) in [6, 6.07) is 8.81. The van der Waals surface area contributed by atoms with Crippen LogP contribution in [0.5, 0.6) is 5.75 Å². The predicted molar refractivity (Wildman–Crippen MR) is 67.0 cm³/mol. The molecule has 0 amide bonds. The maximum Gasteiger partial charge on any atom is 0.206 e. The molecule has 0 radical (unpaired) electrons. The van der Waals surface area contributed by atoms with Gasteiger partial charge >= 0.3 is 0 Å². The first-order chi connectivity index (χ1) is 8.67. The first kappa shape index (κ1) is 12.3. The Bertz CT molecular complexity index is 620. The Morgan fingerprint density at radius 1 is 1.39 bits per heavy atom. The Morgan fingerprint density at radius 3 is 2.78 bits per heavy atom. The minimum Gasteiger partial charge on any atom is -0.494 e. The Hall–Kier alpha value is -2.14. The third kappa shape index (κ3) is 2.12. The minimum absolute atomic E-state index is 0.117. The van der Waals surface area contributed by atoms with E-state index in [1.165, 1.54) is 6.07 Å². The summed E-state index contributed by atoms with van der Waals surface area (Å²) >= 11 is 0. The van der Waals surface area contributed by atoms with Gasteiger partial charge in [-0.3, -0.25) is 4.79 Å². The van der Waals surface area contributed by atoms with E-state index in [0.717, 1.165) is 5.69 Å². The number of ether oxygens (including phenoxy) is 1. The number of aliphatic hydroxyl groups is 1. The summed E-state index contributed by atoms with van der Waals surface area (Å²) in [4.78, 5) is 11.5. The molecule has 0 bridgehead atoms. The molecule has 1 heterocycles. The molecule has 1 aromatic carbocycles. The lowest BCUT2D eigenvalue weighted by atomic mass is 10.2. The van der Waals surface area contributed by atoms with Gasteiger partial charge < -0.3 is 9.84 Å². The van der Waals surface area contributed by atoms with Crippen molar-refractivity contribution in [2.24, 2.45) is 0 Å². The molecule has 0 saturated heterocycles. The highest BCUT2D eigenvalue weighted by Gasteiger charge is 2.10. The van der Waals surface area contributed by atoms with Crippen LogP contribution >= 0.6 is 0 Å². The van der Waals surface area contributed by atoms with Crippen LogP contribution in [-0.2, 0) is 6.61 Å². The molecule has 1 N–H and O–H groups in total. The molecule has 0 spiro atoms. The van der Waals surface area contributed by atoms with Crippen molar-refractivity contribution < 1.29 is 9.84 Å². The van der Waals surface area contributed by atoms with Crippen LogP contribution in [0.3, 0.4) is 0 Å². The lowest BCUT2D eigenvalue weighted by Gasteiger charge is -2.13. The molecule has 1 aromatic heterocycles. The lowest BCUT2D eigenvalue weighted by molar-refractivity contribution is 0.272.